The van der Waals surface area contributed by atoms with Gasteiger partial charge in [0.25, 0.3) is 0 Å². The van der Waals surface area contributed by atoms with Gasteiger partial charge in [-0.1, -0.05) is 266 Å². The van der Waals surface area contributed by atoms with Gasteiger partial charge in [0.15, 0.2) is 6.10 Å². The Hall–Kier alpha value is -1.59. The van der Waals surface area contributed by atoms with Gasteiger partial charge in [-0.05, 0) is 31.1 Å². The van der Waals surface area contributed by atoms with Crippen molar-refractivity contribution in [2.45, 2.75) is 310 Å². The first kappa shape index (κ1) is 59.4. The van der Waals surface area contributed by atoms with E-state index in [1.54, 1.807) is 0 Å². The van der Waals surface area contributed by atoms with Crippen LogP contribution < -0.4 is 0 Å². The minimum Gasteiger partial charge on any atom is -0.462 e. The van der Waals surface area contributed by atoms with Gasteiger partial charge in [-0.3, -0.25) is 14.4 Å². The van der Waals surface area contributed by atoms with Crippen LogP contribution in [0.4, 0.5) is 0 Å². The molecule has 0 N–H and O–H groups in total. The maximum atomic E-state index is 12.8. The lowest BCUT2D eigenvalue weighted by atomic mass is 9.99. The van der Waals surface area contributed by atoms with E-state index in [0.717, 1.165) is 69.6 Å². The molecule has 0 rings (SSSR count). The van der Waals surface area contributed by atoms with Gasteiger partial charge in [-0.15, -0.1) is 0 Å². The summed E-state index contributed by atoms with van der Waals surface area (Å²) in [6.45, 7) is 11.4. The van der Waals surface area contributed by atoms with Crippen molar-refractivity contribution in [3.8, 4) is 0 Å². The molecule has 0 aromatic heterocycles. The summed E-state index contributed by atoms with van der Waals surface area (Å²) in [6.07, 6.45) is 49.4. The van der Waals surface area contributed by atoms with Crippen molar-refractivity contribution in [3.05, 3.63) is 0 Å². The summed E-state index contributed by atoms with van der Waals surface area (Å²) in [4.78, 5) is 38.0. The predicted octanol–water partition coefficient (Wildman–Crippen LogP) is 17.7. The second-order valence-electron chi connectivity index (χ2n) is 19.6. The van der Waals surface area contributed by atoms with Crippen LogP contribution in [-0.4, -0.2) is 37.2 Å². The highest BCUT2D eigenvalue weighted by atomic mass is 16.6. The minimum absolute atomic E-state index is 0.0636. The Labute approximate surface area is 380 Å². The molecule has 6 nitrogen and oxygen atoms in total. The molecule has 0 heterocycles. The second kappa shape index (κ2) is 47.9. The van der Waals surface area contributed by atoms with Crippen LogP contribution in [-0.2, 0) is 28.6 Å². The zero-order chi connectivity index (χ0) is 44.7. The minimum atomic E-state index is -0.762. The third-order valence-corrected chi connectivity index (χ3v) is 12.8. The number of unbranched alkanes of at least 4 members (excludes halogenated alkanes) is 33. The summed E-state index contributed by atoms with van der Waals surface area (Å²) in [5, 5.41) is 0. The van der Waals surface area contributed by atoms with Gasteiger partial charge in [0.2, 0.25) is 0 Å². The highest BCUT2D eigenvalue weighted by molar-refractivity contribution is 5.71. The molecule has 1 unspecified atom stereocenters. The SMILES string of the molecule is CCCCCCCCCCCCCCCCCCCC(=O)OC[C@@H](COC(=O)CCCCCCCCCCCCC(C)CC)OC(=O)CCCCCCCCCCCC(C)C. The molecule has 362 valence electrons. The number of ether oxygens (including phenoxy) is 3. The Bertz CT molecular complexity index is 933. The number of carbonyl (C=O) groups excluding carboxylic acids is 3. The molecule has 0 amide bonds. The molecule has 0 aromatic carbocycles. The molecule has 0 aromatic rings. The summed E-state index contributed by atoms with van der Waals surface area (Å²) >= 11 is 0. The van der Waals surface area contributed by atoms with E-state index in [4.69, 9.17) is 14.2 Å². The van der Waals surface area contributed by atoms with E-state index in [1.807, 2.05) is 0 Å². The monoisotopic (exact) mass is 863 g/mol. The predicted molar refractivity (Wildman–Crippen MR) is 261 cm³/mol. The van der Waals surface area contributed by atoms with Crippen molar-refractivity contribution in [1.82, 2.24) is 0 Å². The third-order valence-electron chi connectivity index (χ3n) is 12.8. The van der Waals surface area contributed by atoms with Crippen molar-refractivity contribution in [1.29, 1.82) is 0 Å². The van der Waals surface area contributed by atoms with E-state index < -0.39 is 6.10 Å². The molecular formula is C55H106O6. The van der Waals surface area contributed by atoms with Crippen LogP contribution in [0.15, 0.2) is 0 Å². The smallest absolute Gasteiger partial charge is 0.306 e. The van der Waals surface area contributed by atoms with Crippen molar-refractivity contribution < 1.29 is 28.6 Å². The fourth-order valence-electron chi connectivity index (χ4n) is 8.31. The van der Waals surface area contributed by atoms with Crippen molar-refractivity contribution >= 4 is 17.9 Å². The standard InChI is InChI=1S/C55H106O6/c1-6-8-9-10-11-12-13-14-15-16-17-18-19-25-30-35-40-45-53(56)59-48-52(61-55(58)47-42-37-32-27-22-23-28-33-38-43-50(3)4)49-60-54(57)46-41-36-31-26-21-20-24-29-34-39-44-51(5)7-2/h50-52H,6-49H2,1-5H3/t51?,52-/m0/s1. The van der Waals surface area contributed by atoms with Gasteiger partial charge in [0.05, 0.1) is 0 Å². The summed E-state index contributed by atoms with van der Waals surface area (Å²) in [6, 6.07) is 0. The largest absolute Gasteiger partial charge is 0.462 e. The van der Waals surface area contributed by atoms with Gasteiger partial charge in [-0.25, -0.2) is 0 Å². The van der Waals surface area contributed by atoms with E-state index in [9.17, 15) is 14.4 Å². The van der Waals surface area contributed by atoms with Crippen molar-refractivity contribution in [3.63, 3.8) is 0 Å². The topological polar surface area (TPSA) is 78.9 Å². The highest BCUT2D eigenvalue weighted by Gasteiger charge is 2.19. The molecule has 0 saturated heterocycles. The lowest BCUT2D eigenvalue weighted by molar-refractivity contribution is -0.167. The molecule has 0 radical (unpaired) electrons. The van der Waals surface area contributed by atoms with Gasteiger partial charge in [0, 0.05) is 19.3 Å². The van der Waals surface area contributed by atoms with Gasteiger partial charge >= 0.3 is 17.9 Å². The zero-order valence-electron chi connectivity index (χ0n) is 41.8. The van der Waals surface area contributed by atoms with Crippen molar-refractivity contribution in [2.75, 3.05) is 13.2 Å². The van der Waals surface area contributed by atoms with Crippen LogP contribution >= 0.6 is 0 Å². The van der Waals surface area contributed by atoms with Crippen LogP contribution in [0.3, 0.4) is 0 Å². The molecule has 0 saturated carbocycles. The van der Waals surface area contributed by atoms with Crippen LogP contribution in [0.1, 0.15) is 304 Å². The van der Waals surface area contributed by atoms with Crippen LogP contribution in [0.25, 0.3) is 0 Å². The molecule has 0 fully saturated rings. The van der Waals surface area contributed by atoms with E-state index in [1.165, 1.54) is 193 Å². The number of esters is 3. The first-order valence-corrected chi connectivity index (χ1v) is 27.3. The van der Waals surface area contributed by atoms with Gasteiger partial charge in [-0.2, -0.15) is 0 Å². The lowest BCUT2D eigenvalue weighted by Crippen LogP contribution is -2.30. The molecule has 0 spiro atoms. The number of carbonyl (C=O) groups is 3. The first-order chi connectivity index (χ1) is 29.8. The Morgan fingerprint density at radius 2 is 0.623 bits per heavy atom. The number of hydrogen-bond acceptors (Lipinski definition) is 6. The van der Waals surface area contributed by atoms with Crippen LogP contribution in [0.5, 0.6) is 0 Å². The van der Waals surface area contributed by atoms with Crippen LogP contribution in [0.2, 0.25) is 0 Å². The molecule has 0 aliphatic carbocycles. The maximum absolute atomic E-state index is 12.8. The average Bonchev–Trinajstić information content (AvgIpc) is 3.24. The normalized spacial score (nSPS) is 12.5. The Kier molecular flexibility index (Phi) is 46.6. The van der Waals surface area contributed by atoms with E-state index in [-0.39, 0.29) is 31.1 Å². The van der Waals surface area contributed by atoms with Crippen LogP contribution in [0, 0.1) is 11.8 Å². The highest BCUT2D eigenvalue weighted by Crippen LogP contribution is 2.18. The molecule has 6 heteroatoms. The fraction of sp³-hybridized carbons (Fsp3) is 0.945. The van der Waals surface area contributed by atoms with E-state index in [2.05, 4.69) is 34.6 Å². The Balaban J connectivity index is 4.29. The quantitative estimate of drug-likeness (QED) is 0.0344. The average molecular weight is 863 g/mol. The molecule has 0 aliphatic heterocycles. The lowest BCUT2D eigenvalue weighted by Gasteiger charge is -2.18. The van der Waals surface area contributed by atoms with E-state index in [0.29, 0.717) is 19.3 Å². The second-order valence-corrected chi connectivity index (χ2v) is 19.6. The summed E-state index contributed by atoms with van der Waals surface area (Å²) in [5.41, 5.74) is 0. The Morgan fingerprint density at radius 3 is 0.934 bits per heavy atom. The molecule has 0 aliphatic rings. The molecule has 2 atom stereocenters. The zero-order valence-corrected chi connectivity index (χ0v) is 41.8. The number of hydrogen-bond donors (Lipinski definition) is 0. The van der Waals surface area contributed by atoms with E-state index >= 15 is 0 Å². The maximum Gasteiger partial charge on any atom is 0.306 e. The number of rotatable bonds is 49. The molecule has 61 heavy (non-hydrogen) atoms. The summed E-state index contributed by atoms with van der Waals surface area (Å²) < 4.78 is 16.8. The van der Waals surface area contributed by atoms with Crippen molar-refractivity contribution in [2.24, 2.45) is 11.8 Å². The van der Waals surface area contributed by atoms with Gasteiger partial charge in [0.1, 0.15) is 13.2 Å². The summed E-state index contributed by atoms with van der Waals surface area (Å²) in [5.74, 6) is 0.829. The first-order valence-electron chi connectivity index (χ1n) is 27.3. The summed E-state index contributed by atoms with van der Waals surface area (Å²) in [7, 11) is 0. The van der Waals surface area contributed by atoms with Gasteiger partial charge < -0.3 is 14.2 Å². The molecular weight excluding hydrogens is 757 g/mol. The molecule has 0 bridgehead atoms. The Morgan fingerprint density at radius 1 is 0.344 bits per heavy atom. The third kappa shape index (κ3) is 47.7. The fourth-order valence-corrected chi connectivity index (χ4v) is 8.31.